The predicted molar refractivity (Wildman–Crippen MR) is 120 cm³/mol. The van der Waals surface area contributed by atoms with Gasteiger partial charge in [0.05, 0.1) is 6.20 Å². The molecule has 1 N–H and O–H groups in total. The second kappa shape index (κ2) is 8.53. The van der Waals surface area contributed by atoms with Crippen molar-refractivity contribution in [2.75, 3.05) is 6.54 Å². The van der Waals surface area contributed by atoms with Gasteiger partial charge < -0.3 is 9.88 Å². The van der Waals surface area contributed by atoms with Gasteiger partial charge in [-0.1, -0.05) is 48.0 Å². The average molecular weight is 402 g/mol. The van der Waals surface area contributed by atoms with Crippen molar-refractivity contribution >= 4 is 27.7 Å². The van der Waals surface area contributed by atoms with Gasteiger partial charge in [0.2, 0.25) is 5.91 Å². The topological polar surface area (TPSA) is 68.9 Å². The zero-order valence-corrected chi connectivity index (χ0v) is 17.4. The average Bonchev–Trinajstić information content (AvgIpc) is 3.07. The van der Waals surface area contributed by atoms with Crippen LogP contribution in [0, 0.1) is 6.92 Å². The zero-order valence-electron chi connectivity index (χ0n) is 17.4. The standard InChI is InChI=1S/C24H26N4O2/c1-17-9-11-18(12-10-17)13-14-25-22(29)8-5-15-28-21-7-4-3-6-19(21)20-16-26-27(2)24(30)23(20)28/h3-4,6-7,9-12,16H,5,8,13-15H2,1-2H3,(H,25,29). The van der Waals surface area contributed by atoms with Crippen LogP contribution in [0.15, 0.2) is 59.5 Å². The summed E-state index contributed by atoms with van der Waals surface area (Å²) in [6, 6.07) is 16.3. The second-order valence-electron chi connectivity index (χ2n) is 7.69. The Morgan fingerprint density at radius 2 is 1.83 bits per heavy atom. The first kappa shape index (κ1) is 19.9. The number of hydrogen-bond acceptors (Lipinski definition) is 3. The van der Waals surface area contributed by atoms with Gasteiger partial charge in [0.15, 0.2) is 0 Å². The van der Waals surface area contributed by atoms with Gasteiger partial charge in [-0.15, -0.1) is 0 Å². The zero-order chi connectivity index (χ0) is 21.1. The van der Waals surface area contributed by atoms with E-state index in [0.717, 1.165) is 22.7 Å². The lowest BCUT2D eigenvalue weighted by molar-refractivity contribution is -0.121. The number of nitrogens with one attached hydrogen (secondary N) is 1. The minimum Gasteiger partial charge on any atom is -0.356 e. The molecule has 6 heteroatoms. The molecule has 154 valence electrons. The highest BCUT2D eigenvalue weighted by atomic mass is 16.1. The van der Waals surface area contributed by atoms with Crippen LogP contribution in [0.4, 0.5) is 0 Å². The third-order valence-corrected chi connectivity index (χ3v) is 5.51. The number of carbonyl (C=O) groups is 1. The monoisotopic (exact) mass is 402 g/mol. The summed E-state index contributed by atoms with van der Waals surface area (Å²) in [6.45, 7) is 3.30. The Balaban J connectivity index is 1.41. The van der Waals surface area contributed by atoms with Gasteiger partial charge in [0.1, 0.15) is 5.52 Å². The maximum Gasteiger partial charge on any atom is 0.291 e. The van der Waals surface area contributed by atoms with Gasteiger partial charge in [-0.3, -0.25) is 9.59 Å². The third-order valence-electron chi connectivity index (χ3n) is 5.51. The SMILES string of the molecule is Cc1ccc(CCNC(=O)CCCn2c3ccccc3c3cnn(C)c(=O)c32)cc1. The van der Waals surface area contributed by atoms with E-state index >= 15 is 0 Å². The fourth-order valence-electron chi connectivity index (χ4n) is 3.86. The largest absolute Gasteiger partial charge is 0.356 e. The summed E-state index contributed by atoms with van der Waals surface area (Å²) in [4.78, 5) is 25.0. The molecule has 4 rings (SSSR count). The Kier molecular flexibility index (Phi) is 5.65. The number of amides is 1. The molecule has 4 aromatic rings. The predicted octanol–water partition coefficient (Wildman–Crippen LogP) is 3.34. The second-order valence-corrected chi connectivity index (χ2v) is 7.69. The molecule has 2 aromatic heterocycles. The first-order valence-corrected chi connectivity index (χ1v) is 10.3. The van der Waals surface area contributed by atoms with Crippen molar-refractivity contribution < 1.29 is 4.79 Å². The molecule has 0 atom stereocenters. The molecule has 1 amide bonds. The number of rotatable bonds is 7. The van der Waals surface area contributed by atoms with Crippen LogP contribution in [-0.4, -0.2) is 26.8 Å². The number of benzene rings is 2. The molecular weight excluding hydrogens is 376 g/mol. The molecule has 0 bridgehead atoms. The Labute approximate surface area is 175 Å². The smallest absolute Gasteiger partial charge is 0.291 e. The fraction of sp³-hybridized carbons (Fsp3) is 0.292. The molecule has 0 aliphatic heterocycles. The van der Waals surface area contributed by atoms with Gasteiger partial charge in [-0.25, -0.2) is 4.68 Å². The summed E-state index contributed by atoms with van der Waals surface area (Å²) in [5, 5.41) is 9.04. The van der Waals surface area contributed by atoms with E-state index in [1.807, 2.05) is 28.8 Å². The maximum atomic E-state index is 12.7. The van der Waals surface area contributed by atoms with Crippen LogP contribution >= 0.6 is 0 Å². The van der Waals surface area contributed by atoms with Crippen molar-refractivity contribution in [2.24, 2.45) is 7.05 Å². The molecule has 0 aliphatic carbocycles. The number of fused-ring (bicyclic) bond motifs is 3. The van der Waals surface area contributed by atoms with E-state index in [1.54, 1.807) is 13.2 Å². The summed E-state index contributed by atoms with van der Waals surface area (Å²) >= 11 is 0. The Bertz CT molecular complexity index is 1250. The number of carbonyl (C=O) groups excluding carboxylic acids is 1. The van der Waals surface area contributed by atoms with Crippen molar-refractivity contribution in [2.45, 2.75) is 32.7 Å². The van der Waals surface area contributed by atoms with Crippen molar-refractivity contribution in [3.8, 4) is 0 Å². The maximum absolute atomic E-state index is 12.7. The first-order chi connectivity index (χ1) is 14.5. The molecule has 0 fully saturated rings. The number of hydrogen-bond donors (Lipinski definition) is 1. The Hall–Kier alpha value is -3.41. The highest BCUT2D eigenvalue weighted by molar-refractivity contribution is 6.07. The quantitative estimate of drug-likeness (QED) is 0.516. The van der Waals surface area contributed by atoms with E-state index in [4.69, 9.17) is 0 Å². The van der Waals surface area contributed by atoms with Crippen LogP contribution in [0.1, 0.15) is 24.0 Å². The fourth-order valence-corrected chi connectivity index (χ4v) is 3.86. The van der Waals surface area contributed by atoms with Crippen LogP contribution in [0.3, 0.4) is 0 Å². The van der Waals surface area contributed by atoms with Crippen LogP contribution in [0.2, 0.25) is 0 Å². The summed E-state index contributed by atoms with van der Waals surface area (Å²) in [6.07, 6.45) is 3.65. The van der Waals surface area contributed by atoms with E-state index in [2.05, 4.69) is 41.6 Å². The summed E-state index contributed by atoms with van der Waals surface area (Å²) in [5.41, 5.74) is 3.98. The molecular formula is C24H26N4O2. The lowest BCUT2D eigenvalue weighted by Crippen LogP contribution is -2.26. The van der Waals surface area contributed by atoms with E-state index in [9.17, 15) is 9.59 Å². The normalized spacial score (nSPS) is 11.3. The molecule has 2 aromatic carbocycles. The van der Waals surface area contributed by atoms with Crippen molar-refractivity contribution in [3.05, 3.63) is 76.2 Å². The lowest BCUT2D eigenvalue weighted by Gasteiger charge is -2.08. The van der Waals surface area contributed by atoms with Crippen molar-refractivity contribution in [1.29, 1.82) is 0 Å². The summed E-state index contributed by atoms with van der Waals surface area (Å²) in [5.74, 6) is 0.0393. The van der Waals surface area contributed by atoms with Gasteiger partial charge in [-0.2, -0.15) is 5.10 Å². The molecule has 0 unspecified atom stereocenters. The van der Waals surface area contributed by atoms with Gasteiger partial charge in [-0.05, 0) is 31.4 Å². The van der Waals surface area contributed by atoms with E-state index < -0.39 is 0 Å². The number of aromatic nitrogens is 3. The number of para-hydroxylation sites is 1. The van der Waals surface area contributed by atoms with E-state index in [0.29, 0.717) is 31.4 Å². The summed E-state index contributed by atoms with van der Waals surface area (Å²) in [7, 11) is 1.66. The van der Waals surface area contributed by atoms with E-state index in [-0.39, 0.29) is 11.5 Å². The van der Waals surface area contributed by atoms with E-state index in [1.165, 1.54) is 15.8 Å². The summed E-state index contributed by atoms with van der Waals surface area (Å²) < 4.78 is 3.38. The van der Waals surface area contributed by atoms with Crippen LogP contribution < -0.4 is 10.9 Å². The lowest BCUT2D eigenvalue weighted by atomic mass is 10.1. The highest BCUT2D eigenvalue weighted by Gasteiger charge is 2.15. The van der Waals surface area contributed by atoms with Crippen LogP contribution in [0.5, 0.6) is 0 Å². The molecule has 2 heterocycles. The van der Waals surface area contributed by atoms with Gasteiger partial charge >= 0.3 is 0 Å². The van der Waals surface area contributed by atoms with Crippen LogP contribution in [0.25, 0.3) is 21.8 Å². The molecule has 0 saturated carbocycles. The molecule has 0 aliphatic rings. The Morgan fingerprint density at radius 1 is 1.07 bits per heavy atom. The minimum absolute atomic E-state index is 0.0393. The molecule has 30 heavy (non-hydrogen) atoms. The van der Waals surface area contributed by atoms with Gasteiger partial charge in [0, 0.05) is 42.8 Å². The molecule has 0 saturated heterocycles. The van der Waals surface area contributed by atoms with Gasteiger partial charge in [0.25, 0.3) is 5.56 Å². The number of aryl methyl sites for hydroxylation is 3. The highest BCUT2D eigenvalue weighted by Crippen LogP contribution is 2.26. The Morgan fingerprint density at radius 3 is 2.63 bits per heavy atom. The first-order valence-electron chi connectivity index (χ1n) is 10.3. The minimum atomic E-state index is -0.119. The molecule has 0 radical (unpaired) electrons. The molecule has 6 nitrogen and oxygen atoms in total. The van der Waals surface area contributed by atoms with Crippen LogP contribution in [-0.2, 0) is 24.8 Å². The number of nitrogens with zero attached hydrogens (tertiary/aromatic N) is 3. The third kappa shape index (κ3) is 3.99. The molecule has 0 spiro atoms. The van der Waals surface area contributed by atoms with Crippen molar-refractivity contribution in [3.63, 3.8) is 0 Å². The van der Waals surface area contributed by atoms with Crippen molar-refractivity contribution in [1.82, 2.24) is 19.7 Å².